The Morgan fingerprint density at radius 1 is 1.80 bits per heavy atom. The van der Waals surface area contributed by atoms with Crippen molar-refractivity contribution < 1.29 is 21.2 Å². The van der Waals surface area contributed by atoms with Gasteiger partial charge in [0.15, 0.2) is 0 Å². The first-order valence-electron chi connectivity index (χ1n) is 3.24. The van der Waals surface area contributed by atoms with Crippen LogP contribution >= 0.6 is 0 Å². The number of carboxylic acids is 1. The third-order valence-electron chi connectivity index (χ3n) is 0.816. The van der Waals surface area contributed by atoms with Crippen LogP contribution in [0.3, 0.4) is 0 Å². The number of aliphatic carboxylic acids is 1. The van der Waals surface area contributed by atoms with Crippen LogP contribution in [0.25, 0.3) is 0 Å². The third-order valence-corrected chi connectivity index (χ3v) is 0.816. The van der Waals surface area contributed by atoms with E-state index in [0.717, 1.165) is 0 Å². The van der Waals surface area contributed by atoms with Crippen molar-refractivity contribution in [2.75, 3.05) is 6.61 Å². The lowest BCUT2D eigenvalue weighted by molar-refractivity contribution is -0.142. The average Bonchev–Trinajstić information content (AvgIpc) is 1.99. The lowest BCUT2D eigenvalue weighted by Gasteiger charge is -2.08. The number of carboxylic acid groups (broad SMARTS) is 1. The van der Waals surface area contributed by atoms with Crippen LogP contribution in [0.1, 0.15) is 8.27 Å². The van der Waals surface area contributed by atoms with E-state index in [4.69, 9.17) is 11.6 Å². The molecule has 0 aliphatic carbocycles. The van der Waals surface area contributed by atoms with Gasteiger partial charge in [-0.2, -0.15) is 0 Å². The van der Waals surface area contributed by atoms with Gasteiger partial charge in [-0.25, -0.2) is 4.79 Å². The zero-order valence-corrected chi connectivity index (χ0v) is 5.20. The van der Waals surface area contributed by atoms with Gasteiger partial charge in [-0.3, -0.25) is 4.79 Å². The number of hydrogen-bond donors (Lipinski definition) is 3. The fraction of sp³-hybridized carbons (Fsp3) is 0.600. The van der Waals surface area contributed by atoms with Crippen LogP contribution in [0, 0.1) is 0 Å². The topological polar surface area (TPSA) is 86.6 Å². The summed E-state index contributed by atoms with van der Waals surface area (Å²) in [6.45, 7) is -1.20. The molecule has 0 aromatic rings. The maximum atomic E-state index is 10.4. The summed E-state index contributed by atoms with van der Waals surface area (Å²) in [5.41, 5.74) is 0. The minimum atomic E-state index is -1.31. The summed E-state index contributed by atoms with van der Waals surface area (Å²) in [5, 5.41) is 18.6. The zero-order valence-electron chi connectivity index (χ0n) is 6.20. The number of carbonyl (C=O) groups is 2. The standard InChI is InChI=1S/C5H9NO4/c1-3(8)6-4(2-7)5(9)10/h4,7H,2H2,1H3,(H,6,8)(H,9,10)/t4-/m0/s1/i1D. The first-order valence-corrected chi connectivity index (χ1v) is 2.54. The molecule has 5 heteroatoms. The van der Waals surface area contributed by atoms with Gasteiger partial charge in [-0.1, -0.05) is 0 Å². The second-order valence-corrected chi connectivity index (χ2v) is 1.64. The van der Waals surface area contributed by atoms with Gasteiger partial charge in [0, 0.05) is 8.27 Å². The third kappa shape index (κ3) is 3.03. The molecule has 0 fully saturated rings. The molecule has 0 heterocycles. The molecule has 0 aliphatic heterocycles. The van der Waals surface area contributed by atoms with Crippen LogP contribution in [-0.2, 0) is 9.59 Å². The van der Waals surface area contributed by atoms with E-state index < -0.39 is 31.4 Å². The van der Waals surface area contributed by atoms with Crippen molar-refractivity contribution in [1.29, 1.82) is 0 Å². The number of aliphatic hydroxyl groups excluding tert-OH is 1. The van der Waals surface area contributed by atoms with Crippen LogP contribution in [0.15, 0.2) is 0 Å². The molecule has 58 valence electrons. The summed E-state index contributed by atoms with van der Waals surface area (Å²) in [5.74, 6) is -2.03. The Labute approximate surface area is 59.1 Å². The molecular weight excluding hydrogens is 138 g/mol. The second kappa shape index (κ2) is 3.84. The zero-order chi connectivity index (χ0) is 8.85. The van der Waals surface area contributed by atoms with Crippen molar-refractivity contribution in [3.05, 3.63) is 0 Å². The Balaban J connectivity index is 3.88. The number of amides is 1. The highest BCUT2D eigenvalue weighted by Crippen LogP contribution is 1.80. The number of hydrogen-bond acceptors (Lipinski definition) is 3. The van der Waals surface area contributed by atoms with Gasteiger partial charge in [-0.15, -0.1) is 0 Å². The molecule has 10 heavy (non-hydrogen) atoms. The number of carbonyl (C=O) groups excluding carboxylic acids is 1. The highest BCUT2D eigenvalue weighted by atomic mass is 16.4. The molecule has 1 amide bonds. The second-order valence-electron chi connectivity index (χ2n) is 1.64. The molecule has 0 saturated heterocycles. The molecule has 0 saturated carbocycles. The largest absolute Gasteiger partial charge is 0.480 e. The summed E-state index contributed by atoms with van der Waals surface area (Å²) < 4.78 is 6.53. The van der Waals surface area contributed by atoms with Crippen molar-refractivity contribution in [2.45, 2.75) is 12.9 Å². The lowest BCUT2D eigenvalue weighted by Crippen LogP contribution is -2.42. The molecule has 3 N–H and O–H groups in total. The van der Waals surface area contributed by atoms with Crippen molar-refractivity contribution in [3.8, 4) is 0 Å². The SMILES string of the molecule is [2H]CC(=O)N[C@@H](CO)C(=O)O. The van der Waals surface area contributed by atoms with E-state index in [1.54, 1.807) is 0 Å². The summed E-state index contributed by atoms with van der Waals surface area (Å²) in [6.07, 6.45) is 0. The normalized spacial score (nSPS) is 13.5. The Bertz CT molecular complexity index is 161. The Kier molecular flexibility index (Phi) is 2.69. The average molecular weight is 148 g/mol. The molecule has 0 radical (unpaired) electrons. The van der Waals surface area contributed by atoms with E-state index in [1.807, 2.05) is 5.32 Å². The first-order chi connectivity index (χ1) is 5.11. The fourth-order valence-electron chi connectivity index (χ4n) is 0.380. The van der Waals surface area contributed by atoms with Gasteiger partial charge in [-0.05, 0) is 0 Å². The predicted molar refractivity (Wildman–Crippen MR) is 32.3 cm³/mol. The minimum Gasteiger partial charge on any atom is -0.480 e. The minimum absolute atomic E-state index is 0.538. The van der Waals surface area contributed by atoms with Gasteiger partial charge in [0.2, 0.25) is 5.91 Å². The fourth-order valence-corrected chi connectivity index (χ4v) is 0.380. The molecule has 0 rings (SSSR count). The lowest BCUT2D eigenvalue weighted by atomic mass is 10.3. The highest BCUT2D eigenvalue weighted by Gasteiger charge is 2.15. The maximum absolute atomic E-state index is 10.4. The first kappa shape index (κ1) is 7.01. The number of nitrogens with one attached hydrogen (secondary N) is 1. The van der Waals surface area contributed by atoms with E-state index >= 15 is 0 Å². The molecule has 1 atom stereocenters. The summed E-state index contributed by atoms with van der Waals surface area (Å²) >= 11 is 0. The Morgan fingerprint density at radius 2 is 2.40 bits per heavy atom. The van der Waals surface area contributed by atoms with E-state index in [1.165, 1.54) is 0 Å². The van der Waals surface area contributed by atoms with E-state index in [0.29, 0.717) is 0 Å². The van der Waals surface area contributed by atoms with Gasteiger partial charge >= 0.3 is 5.97 Å². The van der Waals surface area contributed by atoms with E-state index in [-0.39, 0.29) is 0 Å². The molecule has 0 bridgehead atoms. The summed E-state index contributed by atoms with van der Waals surface area (Å²) in [4.78, 5) is 20.6. The van der Waals surface area contributed by atoms with E-state index in [2.05, 4.69) is 0 Å². The van der Waals surface area contributed by atoms with Crippen molar-refractivity contribution >= 4 is 11.9 Å². The van der Waals surface area contributed by atoms with Crippen molar-refractivity contribution in [1.82, 2.24) is 5.32 Å². The molecule has 5 nitrogen and oxygen atoms in total. The van der Waals surface area contributed by atoms with Crippen LogP contribution < -0.4 is 5.32 Å². The smallest absolute Gasteiger partial charge is 0.328 e. The molecule has 0 aromatic carbocycles. The van der Waals surface area contributed by atoms with Gasteiger partial charge in [0.05, 0.1) is 6.61 Å². The van der Waals surface area contributed by atoms with Gasteiger partial charge in [0.1, 0.15) is 6.04 Å². The maximum Gasteiger partial charge on any atom is 0.328 e. The number of aliphatic hydroxyl groups is 1. The predicted octanol–water partition coefficient (Wildman–Crippen LogP) is -1.43. The van der Waals surface area contributed by atoms with E-state index in [9.17, 15) is 9.59 Å². The van der Waals surface area contributed by atoms with Gasteiger partial charge < -0.3 is 15.5 Å². The Morgan fingerprint density at radius 3 is 2.70 bits per heavy atom. The van der Waals surface area contributed by atoms with Crippen molar-refractivity contribution in [2.24, 2.45) is 0 Å². The monoisotopic (exact) mass is 148 g/mol. The quantitative estimate of drug-likeness (QED) is 0.458. The molecule has 0 aliphatic rings. The van der Waals surface area contributed by atoms with Crippen LogP contribution in [0.4, 0.5) is 0 Å². The summed E-state index contributed by atoms with van der Waals surface area (Å²) in [6, 6.07) is -1.30. The highest BCUT2D eigenvalue weighted by molar-refractivity contribution is 5.82. The van der Waals surface area contributed by atoms with Crippen LogP contribution in [0.2, 0.25) is 0 Å². The van der Waals surface area contributed by atoms with Gasteiger partial charge in [0.25, 0.3) is 0 Å². The number of rotatable bonds is 3. The van der Waals surface area contributed by atoms with Crippen LogP contribution in [-0.4, -0.2) is 34.7 Å². The summed E-state index contributed by atoms with van der Waals surface area (Å²) in [7, 11) is 0. The molecule has 0 aromatic heterocycles. The molecule has 0 spiro atoms. The molecule has 0 unspecified atom stereocenters. The Hall–Kier alpha value is -1.10. The molecular formula is C5H9NO4. The van der Waals surface area contributed by atoms with Crippen LogP contribution in [0.5, 0.6) is 0 Å². The van der Waals surface area contributed by atoms with Crippen molar-refractivity contribution in [3.63, 3.8) is 0 Å².